The third-order valence-electron chi connectivity index (χ3n) is 15.1. The lowest BCUT2D eigenvalue weighted by molar-refractivity contribution is 0.485. The lowest BCUT2D eigenvalue weighted by atomic mass is 10.1. The monoisotopic (exact) mass is 1180 g/mol. The van der Waals surface area contributed by atoms with E-state index in [-0.39, 0.29) is 0 Å². The van der Waals surface area contributed by atoms with Crippen LogP contribution in [0.1, 0.15) is 0 Å². The van der Waals surface area contributed by atoms with E-state index >= 15 is 0 Å². The predicted octanol–water partition coefficient (Wildman–Crippen LogP) is 16.3. The lowest BCUT2D eigenvalue weighted by Gasteiger charge is -2.23. The Balaban J connectivity index is 1.12. The van der Waals surface area contributed by atoms with E-state index in [2.05, 4.69) is 264 Å². The van der Waals surface area contributed by atoms with Gasteiger partial charge in [-0.2, -0.15) is 0 Å². The van der Waals surface area contributed by atoms with Crippen molar-refractivity contribution in [3.05, 3.63) is 170 Å². The predicted molar refractivity (Wildman–Crippen MR) is 357 cm³/mol. The summed E-state index contributed by atoms with van der Waals surface area (Å²) in [5.41, 5.74) is 10.9. The topological polar surface area (TPSA) is 109 Å². The number of hydrogen-bond acceptors (Lipinski definition) is 10. The minimum atomic E-state index is 0.544. The fourth-order valence-electron chi connectivity index (χ4n) is 10.6. The first kappa shape index (κ1) is 55.5. The van der Waals surface area contributed by atoms with Gasteiger partial charge >= 0.3 is 0 Å². The smallest absolute Gasteiger partial charge is 0.165 e. The van der Waals surface area contributed by atoms with Crippen molar-refractivity contribution in [1.82, 2.24) is 57.8 Å². The summed E-state index contributed by atoms with van der Waals surface area (Å²) < 4.78 is 2.77. The first-order chi connectivity index (χ1) is 40.1. The molecule has 8 bridgehead atoms. The molecule has 84 heavy (non-hydrogen) atoms. The van der Waals surface area contributed by atoms with Crippen LogP contribution in [0.2, 0.25) is 0 Å². The SMILES string of the molecule is C[N+](C)(C)c1cccc(Sc2cccc3c2-c2nc-3nc3[nH]c(nc4nc(nc5[nH]c(n2)c2cccc(Sc6cccc([N+](C)(C)C)c6)c52)-c2cccc(Sc5cccc([N+](C)(C)C)c5)c2-4)c2cccc(Sc4cccc([N+](C)(C)C)c4)c32)c1. The number of nitrogens with one attached hydrogen (secondary N) is 2. The molecular formula is C68H66N12S4+4. The Labute approximate surface area is 507 Å². The Kier molecular flexibility index (Phi) is 14.0. The van der Waals surface area contributed by atoms with Gasteiger partial charge in [-0.05, 0) is 72.8 Å². The number of fused-ring (bicyclic) bond motifs is 20. The molecule has 0 atom stereocenters. The van der Waals surface area contributed by atoms with Gasteiger partial charge in [0.25, 0.3) is 0 Å². The van der Waals surface area contributed by atoms with Crippen LogP contribution in [-0.4, -0.2) is 124 Å². The Hall–Kier alpha value is -7.64. The lowest BCUT2D eigenvalue weighted by Crippen LogP contribution is -2.34. The second kappa shape index (κ2) is 21.2. The molecular weight excluding hydrogens is 1110 g/mol. The minimum Gasteiger partial charge on any atom is -0.324 e. The molecule has 0 unspecified atom stereocenters. The van der Waals surface area contributed by atoms with Crippen LogP contribution in [0.3, 0.4) is 0 Å². The van der Waals surface area contributed by atoms with Crippen LogP contribution in [-0.2, 0) is 0 Å². The van der Waals surface area contributed by atoms with Gasteiger partial charge in [0.1, 0.15) is 45.3 Å². The Morgan fingerprint density at radius 2 is 0.571 bits per heavy atom. The summed E-state index contributed by atoms with van der Waals surface area (Å²) in [5, 5.41) is 3.68. The largest absolute Gasteiger partial charge is 0.324 e. The summed E-state index contributed by atoms with van der Waals surface area (Å²) in [5.74, 6) is 2.19. The molecule has 2 N–H and O–H groups in total. The Bertz CT molecular complexity index is 4340. The van der Waals surface area contributed by atoms with Gasteiger partial charge in [-0.25, -0.2) is 29.9 Å². The third kappa shape index (κ3) is 10.8. The van der Waals surface area contributed by atoms with Crippen molar-refractivity contribution in [3.63, 3.8) is 0 Å². The molecule has 8 aromatic carbocycles. The van der Waals surface area contributed by atoms with Gasteiger partial charge in [-0.1, -0.05) is 120 Å². The van der Waals surface area contributed by atoms with E-state index in [0.717, 1.165) is 83.0 Å². The molecule has 0 spiro atoms. The van der Waals surface area contributed by atoms with E-state index in [9.17, 15) is 0 Å². The number of aromatic nitrogens is 8. The van der Waals surface area contributed by atoms with Gasteiger partial charge < -0.3 is 9.97 Å². The van der Waals surface area contributed by atoms with Crippen LogP contribution in [0.15, 0.2) is 209 Å². The summed E-state index contributed by atoms with van der Waals surface area (Å²) in [6.45, 7) is 0. The first-order valence-corrected chi connectivity index (χ1v) is 31.1. The van der Waals surface area contributed by atoms with Crippen molar-refractivity contribution in [2.24, 2.45) is 0 Å². The maximum absolute atomic E-state index is 5.62. The fraction of sp³-hybridized carbons (Fsp3) is 0.176. The van der Waals surface area contributed by atoms with Crippen LogP contribution >= 0.6 is 47.0 Å². The van der Waals surface area contributed by atoms with E-state index in [1.165, 1.54) is 22.7 Å². The molecule has 2 aliphatic rings. The van der Waals surface area contributed by atoms with Gasteiger partial charge in [0.15, 0.2) is 23.3 Å². The van der Waals surface area contributed by atoms with Gasteiger partial charge in [-0.15, -0.1) is 0 Å². The molecule has 5 heterocycles. The molecule has 0 saturated carbocycles. The van der Waals surface area contributed by atoms with E-state index in [0.29, 0.717) is 63.8 Å². The zero-order valence-corrected chi connectivity index (χ0v) is 52.5. The molecule has 0 radical (unpaired) electrons. The van der Waals surface area contributed by atoms with Crippen molar-refractivity contribution < 1.29 is 0 Å². The van der Waals surface area contributed by atoms with E-state index in [1.54, 1.807) is 47.0 Å². The molecule has 0 amide bonds. The van der Waals surface area contributed by atoms with Gasteiger partial charge in [0.05, 0.1) is 84.6 Å². The summed E-state index contributed by atoms with van der Waals surface area (Å²) in [6, 6.07) is 60.7. The summed E-state index contributed by atoms with van der Waals surface area (Å²) in [7, 11) is 26.3. The molecule has 3 aromatic heterocycles. The molecule has 0 fully saturated rings. The van der Waals surface area contributed by atoms with Crippen LogP contribution in [0.25, 0.3) is 89.7 Å². The molecule has 0 aliphatic carbocycles. The summed E-state index contributed by atoms with van der Waals surface area (Å²) in [4.78, 5) is 49.6. The van der Waals surface area contributed by atoms with E-state index in [4.69, 9.17) is 29.9 Å². The van der Waals surface area contributed by atoms with Gasteiger partial charge in [0, 0.05) is 107 Å². The average molecular weight is 1180 g/mol. The number of rotatable bonds is 12. The quantitative estimate of drug-likeness (QED) is 0.115. The van der Waals surface area contributed by atoms with Crippen molar-refractivity contribution in [3.8, 4) is 45.6 Å². The second-order valence-corrected chi connectivity index (χ2v) is 29.2. The third-order valence-corrected chi connectivity index (χ3v) is 19.3. The van der Waals surface area contributed by atoms with Crippen LogP contribution in [0, 0.1) is 0 Å². The molecule has 13 rings (SSSR count). The number of hydrogen-bond donors (Lipinski definition) is 2. The molecule has 16 heteroatoms. The maximum Gasteiger partial charge on any atom is 0.165 e. The van der Waals surface area contributed by atoms with Gasteiger partial charge in [0.2, 0.25) is 0 Å². The van der Waals surface area contributed by atoms with Crippen LogP contribution in [0.5, 0.6) is 0 Å². The normalized spacial score (nSPS) is 12.7. The maximum atomic E-state index is 5.62. The number of H-pyrrole nitrogens is 2. The number of quaternary nitrogens is 4. The van der Waals surface area contributed by atoms with Gasteiger partial charge in [-0.3, -0.25) is 17.9 Å². The van der Waals surface area contributed by atoms with Crippen molar-refractivity contribution in [2.45, 2.75) is 39.2 Å². The molecule has 12 nitrogen and oxygen atoms in total. The minimum absolute atomic E-state index is 0.544. The number of aromatic amines is 2. The second-order valence-electron chi connectivity index (χ2n) is 24.8. The van der Waals surface area contributed by atoms with Crippen LogP contribution < -0.4 is 17.9 Å². The highest BCUT2D eigenvalue weighted by Crippen LogP contribution is 2.48. The molecule has 2 aliphatic heterocycles. The van der Waals surface area contributed by atoms with Crippen molar-refractivity contribution in [1.29, 1.82) is 0 Å². The van der Waals surface area contributed by atoms with Crippen molar-refractivity contribution >= 4 is 114 Å². The molecule has 418 valence electrons. The standard InChI is InChI=1S/C68H66N12S4/c1-77(2,3)41-21-13-25-45(37-41)81-53-33-17-29-49-57(53)65-69-61(49)74-66-59-51(31-19-35-55(59)83-47-27-15-23-43(39-47)79(7,8)9)63(71-66)76-68-60-52(32-20-36-56(60)84-48-28-16-24-44(40-48)80(10,11)12)64(72-68)75-67-58-50(62(70-67)73-65)30-18-34-54(58)82-46-26-14-22-42(38-46)78(4,5)6/h13-40H,1-12H3,(H2,69,70,71,72,73,74,75,76)/q+4. The average Bonchev–Trinajstić information content (AvgIpc) is 2.48. The summed E-state index contributed by atoms with van der Waals surface area (Å²) in [6.07, 6.45) is 0. The molecule has 0 saturated heterocycles. The highest BCUT2D eigenvalue weighted by atomic mass is 32.2. The Morgan fingerprint density at radius 1 is 0.286 bits per heavy atom. The zero-order valence-electron chi connectivity index (χ0n) is 49.3. The highest BCUT2D eigenvalue weighted by molar-refractivity contribution is 8.00. The number of benzene rings is 8. The number of nitrogens with zero attached hydrogens (tertiary/aromatic N) is 10. The summed E-state index contributed by atoms with van der Waals surface area (Å²) >= 11 is 6.86. The molecule has 11 aromatic rings. The highest BCUT2D eigenvalue weighted by Gasteiger charge is 2.28. The Morgan fingerprint density at radius 3 is 0.905 bits per heavy atom. The zero-order chi connectivity index (χ0) is 58.5. The fourth-order valence-corrected chi connectivity index (χ4v) is 14.7. The first-order valence-electron chi connectivity index (χ1n) is 27.8. The van der Waals surface area contributed by atoms with E-state index in [1.807, 2.05) is 0 Å². The van der Waals surface area contributed by atoms with Crippen molar-refractivity contribution in [2.75, 3.05) is 84.6 Å². The van der Waals surface area contributed by atoms with Crippen LogP contribution in [0.4, 0.5) is 22.7 Å². The van der Waals surface area contributed by atoms with E-state index < -0.39 is 0 Å².